The molecule has 1 aliphatic rings. The third kappa shape index (κ3) is 2.96. The molecule has 0 aliphatic carbocycles. The molecule has 1 heterocycles. The largest absolute Gasteiger partial charge is 0.385 e. The van der Waals surface area contributed by atoms with Crippen LogP contribution in [0.2, 0.25) is 0 Å². The summed E-state index contributed by atoms with van der Waals surface area (Å²) in [5.41, 5.74) is 0.635. The van der Waals surface area contributed by atoms with Crippen LogP contribution in [0.1, 0.15) is 23.2 Å². The van der Waals surface area contributed by atoms with Gasteiger partial charge in [0.1, 0.15) is 5.82 Å². The van der Waals surface area contributed by atoms with Crippen molar-refractivity contribution in [2.45, 2.75) is 18.9 Å². The Hall–Kier alpha value is -1.23. The number of rotatable bonds is 3. The Kier molecular flexibility index (Phi) is 4.47. The highest BCUT2D eigenvalue weighted by atomic mass is 32.2. The van der Waals surface area contributed by atoms with Gasteiger partial charge in [0.05, 0.1) is 11.3 Å². The molecule has 0 radical (unpaired) electrons. The maximum Gasteiger partial charge on any atom is 0.253 e. The van der Waals surface area contributed by atoms with Crippen LogP contribution < -0.4 is 10.6 Å². The predicted molar refractivity (Wildman–Crippen MR) is 73.8 cm³/mol. The van der Waals surface area contributed by atoms with Gasteiger partial charge >= 0.3 is 0 Å². The molecule has 0 saturated carbocycles. The number of anilines is 1. The van der Waals surface area contributed by atoms with Crippen molar-refractivity contribution in [2.75, 3.05) is 23.9 Å². The Bertz CT molecular complexity index is 433. The molecule has 5 heteroatoms. The fourth-order valence-electron chi connectivity index (χ4n) is 2.07. The van der Waals surface area contributed by atoms with E-state index in [-0.39, 0.29) is 17.6 Å². The molecular formula is C13H17FN2OS. The first kappa shape index (κ1) is 13.2. The maximum absolute atomic E-state index is 13.5. The van der Waals surface area contributed by atoms with Gasteiger partial charge in [0.2, 0.25) is 0 Å². The van der Waals surface area contributed by atoms with Crippen LogP contribution in [0.4, 0.5) is 10.1 Å². The summed E-state index contributed by atoms with van der Waals surface area (Å²) >= 11 is 1.91. The Morgan fingerprint density at radius 2 is 2.11 bits per heavy atom. The van der Waals surface area contributed by atoms with E-state index in [4.69, 9.17) is 0 Å². The molecule has 2 rings (SSSR count). The third-order valence-electron chi connectivity index (χ3n) is 3.06. The van der Waals surface area contributed by atoms with Gasteiger partial charge in [-0.1, -0.05) is 6.07 Å². The Labute approximate surface area is 111 Å². The minimum absolute atomic E-state index is 0.198. The summed E-state index contributed by atoms with van der Waals surface area (Å²) in [4.78, 5) is 12.1. The first-order valence-corrected chi connectivity index (χ1v) is 7.22. The zero-order valence-electron chi connectivity index (χ0n) is 10.3. The fourth-order valence-corrected chi connectivity index (χ4v) is 3.18. The molecule has 1 aromatic carbocycles. The van der Waals surface area contributed by atoms with Gasteiger partial charge in [-0.05, 0) is 36.5 Å². The molecule has 98 valence electrons. The van der Waals surface area contributed by atoms with Gasteiger partial charge in [0.15, 0.2) is 0 Å². The normalized spacial score (nSPS) is 16.3. The van der Waals surface area contributed by atoms with E-state index in [0.717, 1.165) is 24.3 Å². The highest BCUT2D eigenvalue weighted by Gasteiger charge is 2.19. The number of hydrogen-bond acceptors (Lipinski definition) is 3. The van der Waals surface area contributed by atoms with Crippen molar-refractivity contribution in [3.63, 3.8) is 0 Å². The van der Waals surface area contributed by atoms with E-state index in [0.29, 0.717) is 5.56 Å². The Morgan fingerprint density at radius 3 is 2.78 bits per heavy atom. The lowest BCUT2D eigenvalue weighted by molar-refractivity contribution is 0.0935. The van der Waals surface area contributed by atoms with Crippen LogP contribution in [-0.2, 0) is 0 Å². The molecule has 1 aromatic rings. The first-order chi connectivity index (χ1) is 8.72. The molecule has 0 spiro atoms. The minimum Gasteiger partial charge on any atom is -0.385 e. The quantitative estimate of drug-likeness (QED) is 0.885. The summed E-state index contributed by atoms with van der Waals surface area (Å²) < 4.78 is 13.5. The predicted octanol–water partition coefficient (Wildman–Crippen LogP) is 2.49. The highest BCUT2D eigenvalue weighted by molar-refractivity contribution is 7.99. The van der Waals surface area contributed by atoms with Gasteiger partial charge in [0, 0.05) is 13.1 Å². The van der Waals surface area contributed by atoms with E-state index < -0.39 is 5.82 Å². The lowest BCUT2D eigenvalue weighted by Gasteiger charge is -2.23. The van der Waals surface area contributed by atoms with E-state index in [9.17, 15) is 9.18 Å². The monoisotopic (exact) mass is 268 g/mol. The van der Waals surface area contributed by atoms with E-state index in [2.05, 4.69) is 10.6 Å². The number of hydrogen-bond donors (Lipinski definition) is 2. The Balaban J connectivity index is 2.10. The van der Waals surface area contributed by atoms with Gasteiger partial charge in [-0.25, -0.2) is 4.39 Å². The van der Waals surface area contributed by atoms with Gasteiger partial charge in [-0.2, -0.15) is 11.8 Å². The molecule has 2 N–H and O–H groups in total. The third-order valence-corrected chi connectivity index (χ3v) is 4.11. The molecule has 3 nitrogen and oxygen atoms in total. The van der Waals surface area contributed by atoms with Crippen LogP contribution in [0, 0.1) is 5.82 Å². The average Bonchev–Trinajstić information content (AvgIpc) is 2.39. The van der Waals surface area contributed by atoms with Crippen molar-refractivity contribution in [1.29, 1.82) is 0 Å². The summed E-state index contributed by atoms with van der Waals surface area (Å²) in [7, 11) is 1.62. The maximum atomic E-state index is 13.5. The number of carbonyl (C=O) groups excluding carboxylic acids is 1. The number of carbonyl (C=O) groups is 1. The molecule has 0 aromatic heterocycles. The number of halogens is 1. The van der Waals surface area contributed by atoms with Gasteiger partial charge in [-0.3, -0.25) is 4.79 Å². The second-order valence-electron chi connectivity index (χ2n) is 4.27. The lowest BCUT2D eigenvalue weighted by atomic mass is 10.1. The van der Waals surface area contributed by atoms with Crippen LogP contribution in [0.5, 0.6) is 0 Å². The number of benzene rings is 1. The summed E-state index contributed by atoms with van der Waals surface area (Å²) in [6.07, 6.45) is 1.97. The summed E-state index contributed by atoms with van der Waals surface area (Å²) in [5.74, 6) is 1.56. The summed E-state index contributed by atoms with van der Waals surface area (Å²) in [6.45, 7) is 0. The molecule has 1 saturated heterocycles. The number of amides is 1. The summed E-state index contributed by atoms with van der Waals surface area (Å²) in [5, 5.41) is 5.72. The van der Waals surface area contributed by atoms with Crippen molar-refractivity contribution in [1.82, 2.24) is 5.32 Å². The molecule has 1 fully saturated rings. The second kappa shape index (κ2) is 6.09. The molecule has 0 bridgehead atoms. The van der Waals surface area contributed by atoms with Crippen LogP contribution in [0.3, 0.4) is 0 Å². The average molecular weight is 268 g/mol. The number of para-hydroxylation sites is 1. The van der Waals surface area contributed by atoms with Crippen LogP contribution in [0.25, 0.3) is 0 Å². The lowest BCUT2D eigenvalue weighted by Crippen LogP contribution is -2.37. The first-order valence-electron chi connectivity index (χ1n) is 6.07. The smallest absolute Gasteiger partial charge is 0.253 e. The second-order valence-corrected chi connectivity index (χ2v) is 5.50. The SMILES string of the molecule is CNc1c(F)cccc1C(=O)NC1CCSCC1. The molecule has 1 amide bonds. The number of nitrogens with one attached hydrogen (secondary N) is 2. The molecular weight excluding hydrogens is 251 g/mol. The molecule has 18 heavy (non-hydrogen) atoms. The van der Waals surface area contributed by atoms with Crippen molar-refractivity contribution in [3.05, 3.63) is 29.6 Å². The highest BCUT2D eigenvalue weighted by Crippen LogP contribution is 2.21. The van der Waals surface area contributed by atoms with Crippen molar-refractivity contribution < 1.29 is 9.18 Å². The van der Waals surface area contributed by atoms with Gasteiger partial charge in [0.25, 0.3) is 5.91 Å². The van der Waals surface area contributed by atoms with Crippen LogP contribution in [-0.4, -0.2) is 30.5 Å². The fraction of sp³-hybridized carbons (Fsp3) is 0.462. The zero-order valence-corrected chi connectivity index (χ0v) is 11.1. The number of thioether (sulfide) groups is 1. The van der Waals surface area contributed by atoms with Gasteiger partial charge in [-0.15, -0.1) is 0 Å². The van der Waals surface area contributed by atoms with E-state index in [1.54, 1.807) is 19.2 Å². The van der Waals surface area contributed by atoms with E-state index >= 15 is 0 Å². The minimum atomic E-state index is -0.399. The van der Waals surface area contributed by atoms with E-state index in [1.165, 1.54) is 6.07 Å². The zero-order chi connectivity index (χ0) is 13.0. The van der Waals surface area contributed by atoms with E-state index in [1.807, 2.05) is 11.8 Å². The van der Waals surface area contributed by atoms with Crippen molar-refractivity contribution >= 4 is 23.4 Å². The molecule has 1 aliphatic heterocycles. The molecule has 0 atom stereocenters. The van der Waals surface area contributed by atoms with Crippen molar-refractivity contribution in [3.8, 4) is 0 Å². The van der Waals surface area contributed by atoms with Gasteiger partial charge < -0.3 is 10.6 Å². The molecule has 0 unspecified atom stereocenters. The Morgan fingerprint density at radius 1 is 1.39 bits per heavy atom. The van der Waals surface area contributed by atoms with Crippen molar-refractivity contribution in [2.24, 2.45) is 0 Å². The summed E-state index contributed by atoms with van der Waals surface area (Å²) in [6, 6.07) is 4.76. The topological polar surface area (TPSA) is 41.1 Å². The standard InChI is InChI=1S/C13H17FN2OS/c1-15-12-10(3-2-4-11(12)14)13(17)16-9-5-7-18-8-6-9/h2-4,9,15H,5-8H2,1H3,(H,16,17). The van der Waals surface area contributed by atoms with Crippen LogP contribution in [0.15, 0.2) is 18.2 Å². The van der Waals surface area contributed by atoms with Crippen LogP contribution >= 0.6 is 11.8 Å².